The van der Waals surface area contributed by atoms with E-state index in [1.807, 2.05) is 0 Å². The molecule has 0 N–H and O–H groups in total. The third-order valence-electron chi connectivity index (χ3n) is 3.88. The second kappa shape index (κ2) is 5.67. The number of rotatable bonds is 4. The zero-order chi connectivity index (χ0) is 12.2. The van der Waals surface area contributed by atoms with Gasteiger partial charge in [0.1, 0.15) is 6.10 Å². The molecule has 92 valence electrons. The minimum Gasteiger partial charge on any atom is -0.459 e. The maximum absolute atomic E-state index is 11.3. The minimum atomic E-state index is -1.20. The molecule has 1 rings (SSSR count). The van der Waals surface area contributed by atoms with Gasteiger partial charge in [-0.3, -0.25) is 0 Å². The van der Waals surface area contributed by atoms with Gasteiger partial charge >= 0.3 is 5.97 Å². The standard InChI is InChI=1S/C13H24O2Si/c1-5-11(15-13(14)6-2)12-9-7-8-10-16(12,3)4/h6,11-12H,2,5,7-10H2,1,3-4H3. The van der Waals surface area contributed by atoms with Gasteiger partial charge in [-0.15, -0.1) is 0 Å². The van der Waals surface area contributed by atoms with Crippen molar-refractivity contribution in [2.45, 2.75) is 63.4 Å². The van der Waals surface area contributed by atoms with Crippen LogP contribution in [0.25, 0.3) is 0 Å². The molecule has 0 aromatic carbocycles. The highest BCUT2D eigenvalue weighted by Crippen LogP contribution is 2.41. The molecule has 0 amide bonds. The summed E-state index contributed by atoms with van der Waals surface area (Å²) in [4.78, 5) is 11.3. The predicted molar refractivity (Wildman–Crippen MR) is 70.3 cm³/mol. The molecule has 1 fully saturated rings. The van der Waals surface area contributed by atoms with Crippen LogP contribution in [0.2, 0.25) is 24.7 Å². The Hall–Kier alpha value is -0.573. The lowest BCUT2D eigenvalue weighted by molar-refractivity contribution is -0.143. The van der Waals surface area contributed by atoms with Crippen molar-refractivity contribution < 1.29 is 9.53 Å². The van der Waals surface area contributed by atoms with Crippen molar-refractivity contribution in [3.63, 3.8) is 0 Å². The second-order valence-electron chi connectivity index (χ2n) is 5.43. The van der Waals surface area contributed by atoms with Crippen LogP contribution in [0.3, 0.4) is 0 Å². The van der Waals surface area contributed by atoms with Crippen molar-refractivity contribution in [3.05, 3.63) is 12.7 Å². The lowest BCUT2D eigenvalue weighted by Crippen LogP contribution is -2.42. The van der Waals surface area contributed by atoms with Crippen LogP contribution >= 0.6 is 0 Å². The normalized spacial score (nSPS) is 25.8. The predicted octanol–water partition coefficient (Wildman–Crippen LogP) is 3.76. The molecular formula is C13H24O2Si. The molecule has 0 aromatic heterocycles. The fraction of sp³-hybridized carbons (Fsp3) is 0.769. The molecule has 2 nitrogen and oxygen atoms in total. The van der Waals surface area contributed by atoms with Gasteiger partial charge in [0, 0.05) is 6.08 Å². The first-order chi connectivity index (χ1) is 7.51. The Bertz CT molecular complexity index is 261. The molecule has 0 spiro atoms. The molecule has 1 aliphatic rings. The van der Waals surface area contributed by atoms with E-state index in [2.05, 4.69) is 26.6 Å². The number of hydrogen-bond acceptors (Lipinski definition) is 2. The highest BCUT2D eigenvalue weighted by Gasteiger charge is 2.39. The van der Waals surface area contributed by atoms with Crippen LogP contribution < -0.4 is 0 Å². The molecule has 16 heavy (non-hydrogen) atoms. The van der Waals surface area contributed by atoms with Crippen LogP contribution in [0.1, 0.15) is 32.6 Å². The van der Waals surface area contributed by atoms with Gasteiger partial charge in [-0.25, -0.2) is 4.79 Å². The van der Waals surface area contributed by atoms with Crippen molar-refractivity contribution in [2.24, 2.45) is 0 Å². The van der Waals surface area contributed by atoms with Gasteiger partial charge in [0.25, 0.3) is 0 Å². The third-order valence-corrected chi connectivity index (χ3v) is 8.19. The molecule has 0 aromatic rings. The van der Waals surface area contributed by atoms with E-state index >= 15 is 0 Å². The van der Waals surface area contributed by atoms with Crippen LogP contribution in [0.4, 0.5) is 0 Å². The summed E-state index contributed by atoms with van der Waals surface area (Å²) in [6, 6.07) is 1.37. The summed E-state index contributed by atoms with van der Waals surface area (Å²) in [6.07, 6.45) is 6.22. The highest BCUT2D eigenvalue weighted by molar-refractivity contribution is 6.79. The Kier molecular flexibility index (Phi) is 4.78. The highest BCUT2D eigenvalue weighted by atomic mass is 28.3. The maximum Gasteiger partial charge on any atom is 0.330 e. The monoisotopic (exact) mass is 240 g/mol. The molecule has 3 heteroatoms. The van der Waals surface area contributed by atoms with Crippen molar-refractivity contribution in [2.75, 3.05) is 0 Å². The van der Waals surface area contributed by atoms with E-state index in [9.17, 15) is 4.79 Å². The summed E-state index contributed by atoms with van der Waals surface area (Å²) in [5.41, 5.74) is 0.634. The summed E-state index contributed by atoms with van der Waals surface area (Å²) < 4.78 is 5.50. The van der Waals surface area contributed by atoms with Gasteiger partial charge in [0.05, 0.1) is 8.07 Å². The summed E-state index contributed by atoms with van der Waals surface area (Å²) in [7, 11) is -1.20. The fourth-order valence-corrected chi connectivity index (χ4v) is 6.69. The average molecular weight is 240 g/mol. The zero-order valence-electron chi connectivity index (χ0n) is 10.8. The molecule has 0 bridgehead atoms. The van der Waals surface area contributed by atoms with Gasteiger partial charge < -0.3 is 4.74 Å². The van der Waals surface area contributed by atoms with E-state index in [0.717, 1.165) is 6.42 Å². The first kappa shape index (κ1) is 13.5. The summed E-state index contributed by atoms with van der Waals surface area (Å²) in [5, 5.41) is 0. The van der Waals surface area contributed by atoms with Crippen molar-refractivity contribution in [3.8, 4) is 0 Å². The van der Waals surface area contributed by atoms with Gasteiger partial charge in [-0.1, -0.05) is 45.5 Å². The number of ether oxygens (including phenoxy) is 1. The van der Waals surface area contributed by atoms with Gasteiger partial charge in [-0.2, -0.15) is 0 Å². The molecule has 2 atom stereocenters. The largest absolute Gasteiger partial charge is 0.459 e. The first-order valence-corrected chi connectivity index (χ1v) is 9.62. The Morgan fingerprint density at radius 3 is 2.75 bits per heavy atom. The second-order valence-corrected chi connectivity index (χ2v) is 10.6. The van der Waals surface area contributed by atoms with Crippen LogP contribution in [0, 0.1) is 0 Å². The minimum absolute atomic E-state index is 0.118. The topological polar surface area (TPSA) is 26.3 Å². The van der Waals surface area contributed by atoms with E-state index in [0.29, 0.717) is 5.54 Å². The van der Waals surface area contributed by atoms with E-state index in [1.165, 1.54) is 31.4 Å². The van der Waals surface area contributed by atoms with E-state index in [-0.39, 0.29) is 12.1 Å². The molecule has 2 unspecified atom stereocenters. The fourth-order valence-electron chi connectivity index (χ4n) is 2.86. The van der Waals surface area contributed by atoms with Crippen LogP contribution in [-0.4, -0.2) is 20.1 Å². The number of esters is 1. The van der Waals surface area contributed by atoms with Crippen LogP contribution in [0.15, 0.2) is 12.7 Å². The van der Waals surface area contributed by atoms with Crippen molar-refractivity contribution >= 4 is 14.0 Å². The average Bonchev–Trinajstić information content (AvgIpc) is 2.25. The Balaban J connectivity index is 2.70. The van der Waals surface area contributed by atoms with Gasteiger partial charge in [0.15, 0.2) is 0 Å². The lowest BCUT2D eigenvalue weighted by atomic mass is 10.1. The third kappa shape index (κ3) is 3.21. The lowest BCUT2D eigenvalue weighted by Gasteiger charge is -2.40. The summed E-state index contributed by atoms with van der Waals surface area (Å²) in [6.45, 7) is 10.4. The molecule has 0 radical (unpaired) electrons. The Morgan fingerprint density at radius 2 is 2.25 bits per heavy atom. The molecule has 0 aliphatic carbocycles. The quantitative estimate of drug-likeness (QED) is 0.425. The Morgan fingerprint density at radius 1 is 1.56 bits per heavy atom. The number of carbonyl (C=O) groups is 1. The van der Waals surface area contributed by atoms with Gasteiger partial charge in [-0.05, 0) is 18.4 Å². The zero-order valence-corrected chi connectivity index (χ0v) is 11.8. The summed E-state index contributed by atoms with van der Waals surface area (Å²) >= 11 is 0. The first-order valence-electron chi connectivity index (χ1n) is 6.34. The van der Waals surface area contributed by atoms with Crippen molar-refractivity contribution in [1.29, 1.82) is 0 Å². The Labute approximate surface area is 100 Å². The van der Waals surface area contributed by atoms with Gasteiger partial charge in [0.2, 0.25) is 0 Å². The van der Waals surface area contributed by atoms with E-state index < -0.39 is 8.07 Å². The molecule has 1 aliphatic heterocycles. The molecule has 1 saturated heterocycles. The molecule has 0 saturated carbocycles. The van der Waals surface area contributed by atoms with E-state index in [1.54, 1.807) is 0 Å². The van der Waals surface area contributed by atoms with Crippen LogP contribution in [-0.2, 0) is 9.53 Å². The summed E-state index contributed by atoms with van der Waals surface area (Å²) in [5.74, 6) is -0.262. The maximum atomic E-state index is 11.3. The van der Waals surface area contributed by atoms with E-state index in [4.69, 9.17) is 4.74 Å². The molecular weight excluding hydrogens is 216 g/mol. The SMILES string of the molecule is C=CC(=O)OC(CC)C1CCCC[Si]1(C)C. The number of carbonyl (C=O) groups excluding carboxylic acids is 1. The van der Waals surface area contributed by atoms with Crippen molar-refractivity contribution in [1.82, 2.24) is 0 Å². The van der Waals surface area contributed by atoms with Crippen LogP contribution in [0.5, 0.6) is 0 Å². The molecule has 1 heterocycles. The number of hydrogen-bond donors (Lipinski definition) is 0. The smallest absolute Gasteiger partial charge is 0.330 e.